The number of carbonyl (C=O) groups excluding carboxylic acids is 1. The van der Waals surface area contributed by atoms with Gasteiger partial charge in [-0.15, -0.1) is 0 Å². The van der Waals surface area contributed by atoms with Gasteiger partial charge in [-0.1, -0.05) is 101 Å². The third-order valence-corrected chi connectivity index (χ3v) is 8.02. The lowest BCUT2D eigenvalue weighted by atomic mass is 10.1. The van der Waals surface area contributed by atoms with E-state index in [2.05, 4.69) is 41.5 Å². The minimum Gasteiger partial charge on any atom is -1.00 e. The average molecular weight is 646 g/mol. The lowest BCUT2D eigenvalue weighted by Gasteiger charge is -2.12. The Labute approximate surface area is 262 Å². The van der Waals surface area contributed by atoms with Crippen molar-refractivity contribution in [3.63, 3.8) is 0 Å². The van der Waals surface area contributed by atoms with Crippen LogP contribution in [0.3, 0.4) is 0 Å². The third-order valence-electron chi connectivity index (χ3n) is 7.17. The Hall–Kier alpha value is -2.38. The molecule has 5 nitrogen and oxygen atoms in total. The van der Waals surface area contributed by atoms with Crippen molar-refractivity contribution in [3.8, 4) is 11.5 Å². The monoisotopic (exact) mass is 644 g/mol. The topological polar surface area (TPSA) is 51.4 Å². The lowest BCUT2D eigenvalue weighted by molar-refractivity contribution is -0.683. The van der Waals surface area contributed by atoms with E-state index in [0.29, 0.717) is 18.7 Å². The maximum Gasteiger partial charge on any atom is 0.251 e. The van der Waals surface area contributed by atoms with Crippen LogP contribution in [0.5, 0.6) is 11.5 Å². The molecule has 0 unspecified atom stereocenters. The predicted octanol–water partition coefficient (Wildman–Crippen LogP) is 5.41. The van der Waals surface area contributed by atoms with Crippen molar-refractivity contribution < 1.29 is 35.8 Å². The molecule has 3 aromatic rings. The summed E-state index contributed by atoms with van der Waals surface area (Å²) in [5.41, 5.74) is 4.82. The lowest BCUT2D eigenvalue weighted by Crippen LogP contribution is -3.00. The zero-order chi connectivity index (χ0) is 28.4. The van der Waals surface area contributed by atoms with Gasteiger partial charge in [0.1, 0.15) is 11.5 Å². The van der Waals surface area contributed by atoms with Crippen LogP contribution < -0.4 is 36.3 Å². The number of rotatable bonds is 20. The average Bonchev–Trinajstić information content (AvgIpc) is 3.38. The first-order valence-corrected chi connectivity index (χ1v) is 16.1. The summed E-state index contributed by atoms with van der Waals surface area (Å²) >= 11 is 1.72. The van der Waals surface area contributed by atoms with Crippen molar-refractivity contribution in [1.82, 2.24) is 5.32 Å². The zero-order valence-electron chi connectivity index (χ0n) is 25.3. The van der Waals surface area contributed by atoms with Gasteiger partial charge >= 0.3 is 0 Å². The summed E-state index contributed by atoms with van der Waals surface area (Å²) < 4.78 is 13.7. The second-order valence-electron chi connectivity index (χ2n) is 10.8. The molecule has 0 aliphatic carbocycles. The van der Waals surface area contributed by atoms with Gasteiger partial charge in [0.15, 0.2) is 12.7 Å². The van der Waals surface area contributed by atoms with Gasteiger partial charge in [0.25, 0.3) is 5.91 Å². The molecule has 41 heavy (non-hydrogen) atoms. The molecule has 7 heteroatoms. The number of carbonyl (C=O) groups is 1. The van der Waals surface area contributed by atoms with E-state index >= 15 is 0 Å². The Kier molecular flexibility index (Phi) is 17.4. The molecule has 1 heterocycles. The second kappa shape index (κ2) is 20.5. The standard InChI is InChI=1S/C34H48N2O3S.BrH/c1-4-5-6-7-8-9-10-11-12-13-14-15-19-39-33-22-30(21-32(23-33)38-3)24-35-34(37)31-18-16-17-29(20-31)26-36-25-28(2)40-27-36;/h16-18,20-23,25,27H,4-15,19,24,26H2,1-3H3;1H. The van der Waals surface area contributed by atoms with E-state index in [9.17, 15) is 4.79 Å². The number of halogens is 1. The molecule has 2 aromatic carbocycles. The first-order valence-electron chi connectivity index (χ1n) is 15.2. The molecule has 0 saturated heterocycles. The van der Waals surface area contributed by atoms with E-state index in [1.807, 2.05) is 36.4 Å². The van der Waals surface area contributed by atoms with Crippen LogP contribution in [0.15, 0.2) is 54.2 Å². The van der Waals surface area contributed by atoms with E-state index in [1.165, 1.54) is 75.5 Å². The number of nitrogens with zero attached hydrogens (tertiary/aromatic N) is 1. The van der Waals surface area contributed by atoms with E-state index in [1.54, 1.807) is 18.4 Å². The van der Waals surface area contributed by atoms with Crippen LogP contribution in [0.1, 0.15) is 110 Å². The fourth-order valence-corrected chi connectivity index (χ4v) is 5.53. The summed E-state index contributed by atoms with van der Waals surface area (Å²) in [6, 6.07) is 13.7. The third kappa shape index (κ3) is 13.9. The van der Waals surface area contributed by atoms with Gasteiger partial charge in [-0.3, -0.25) is 4.79 Å². The Balaban J connectivity index is 0.00000588. The number of hydrogen-bond donors (Lipinski definition) is 1. The molecule has 0 aliphatic heterocycles. The van der Waals surface area contributed by atoms with E-state index < -0.39 is 0 Å². The number of nitrogens with one attached hydrogen (secondary N) is 1. The van der Waals surface area contributed by atoms with Crippen LogP contribution in [0.25, 0.3) is 0 Å². The molecule has 0 spiro atoms. The molecule has 0 atom stereocenters. The Morgan fingerprint density at radius 2 is 1.51 bits per heavy atom. The number of unbranched alkanes of at least 4 members (excludes halogenated alkanes) is 11. The molecular weight excluding hydrogens is 596 g/mol. The number of methoxy groups -OCH3 is 1. The van der Waals surface area contributed by atoms with Gasteiger partial charge in [0.05, 0.1) is 18.6 Å². The van der Waals surface area contributed by atoms with Gasteiger partial charge in [-0.2, -0.15) is 4.57 Å². The highest BCUT2D eigenvalue weighted by atomic mass is 79.9. The maximum absolute atomic E-state index is 12.9. The minimum atomic E-state index is -0.0878. The Morgan fingerprint density at radius 3 is 2.15 bits per heavy atom. The summed E-state index contributed by atoms with van der Waals surface area (Å²) in [6.45, 7) is 6.23. The van der Waals surface area contributed by atoms with Crippen LogP contribution in [0, 0.1) is 6.92 Å². The number of hydrogen-bond acceptors (Lipinski definition) is 4. The van der Waals surface area contributed by atoms with Gasteiger partial charge < -0.3 is 31.8 Å². The highest BCUT2D eigenvalue weighted by Gasteiger charge is 2.11. The summed E-state index contributed by atoms with van der Waals surface area (Å²) in [7, 11) is 1.66. The quantitative estimate of drug-likeness (QED) is 0.132. The second-order valence-corrected chi connectivity index (χ2v) is 11.9. The van der Waals surface area contributed by atoms with Crippen LogP contribution in [0.2, 0.25) is 0 Å². The fourth-order valence-electron chi connectivity index (χ4n) is 4.90. The fraction of sp³-hybridized carbons (Fsp3) is 0.529. The number of thiazole rings is 1. The Bertz CT molecular complexity index is 1150. The van der Waals surface area contributed by atoms with Crippen molar-refractivity contribution in [2.24, 2.45) is 0 Å². The van der Waals surface area contributed by atoms with Gasteiger partial charge in [-0.25, -0.2) is 0 Å². The number of amides is 1. The molecule has 1 amide bonds. The molecule has 0 aliphatic rings. The van der Waals surface area contributed by atoms with Crippen LogP contribution in [0.4, 0.5) is 0 Å². The Morgan fingerprint density at radius 1 is 0.854 bits per heavy atom. The molecular formula is C34H49BrN2O3S. The minimum absolute atomic E-state index is 0. The zero-order valence-corrected chi connectivity index (χ0v) is 27.7. The van der Waals surface area contributed by atoms with Crippen molar-refractivity contribution in [2.75, 3.05) is 13.7 Å². The van der Waals surface area contributed by atoms with Crippen molar-refractivity contribution in [2.45, 2.75) is 104 Å². The first-order chi connectivity index (χ1) is 19.6. The number of aryl methyl sites for hydroxylation is 1. The summed E-state index contributed by atoms with van der Waals surface area (Å²) in [5, 5.41) is 3.05. The van der Waals surface area contributed by atoms with Crippen LogP contribution in [-0.4, -0.2) is 19.6 Å². The molecule has 0 radical (unpaired) electrons. The summed E-state index contributed by atoms with van der Waals surface area (Å²) in [5.74, 6) is 1.44. The molecule has 1 aromatic heterocycles. The summed E-state index contributed by atoms with van der Waals surface area (Å²) in [6.07, 6.45) is 18.1. The molecule has 0 fully saturated rings. The van der Waals surface area contributed by atoms with Gasteiger partial charge in [-0.05, 0) is 43.2 Å². The SMILES string of the molecule is CCCCCCCCCCCCCCOc1cc(CNC(=O)c2cccc(C[n+]3csc(C)c3)c2)cc(OC)c1.[Br-]. The van der Waals surface area contributed by atoms with Crippen molar-refractivity contribution in [1.29, 1.82) is 0 Å². The molecule has 226 valence electrons. The largest absolute Gasteiger partial charge is 1.00 e. The number of benzene rings is 2. The first kappa shape index (κ1) is 34.8. The summed E-state index contributed by atoms with van der Waals surface area (Å²) in [4.78, 5) is 14.2. The van der Waals surface area contributed by atoms with Gasteiger partial charge in [0.2, 0.25) is 5.51 Å². The van der Waals surface area contributed by atoms with Crippen LogP contribution in [-0.2, 0) is 13.1 Å². The van der Waals surface area contributed by atoms with E-state index in [0.717, 1.165) is 35.6 Å². The van der Waals surface area contributed by atoms with Gasteiger partial charge in [0, 0.05) is 23.7 Å². The molecule has 0 bridgehead atoms. The molecule has 0 saturated carbocycles. The normalized spacial score (nSPS) is 10.7. The highest BCUT2D eigenvalue weighted by Crippen LogP contribution is 2.23. The number of ether oxygens (including phenoxy) is 2. The number of aromatic nitrogens is 1. The van der Waals surface area contributed by atoms with Crippen molar-refractivity contribution in [3.05, 3.63) is 75.7 Å². The van der Waals surface area contributed by atoms with E-state index in [-0.39, 0.29) is 22.9 Å². The smallest absolute Gasteiger partial charge is 0.251 e. The van der Waals surface area contributed by atoms with Crippen molar-refractivity contribution >= 4 is 17.2 Å². The highest BCUT2D eigenvalue weighted by molar-refractivity contribution is 7.09. The van der Waals surface area contributed by atoms with E-state index in [4.69, 9.17) is 9.47 Å². The molecule has 3 rings (SSSR count). The van der Waals surface area contributed by atoms with Crippen LogP contribution >= 0.6 is 11.3 Å². The maximum atomic E-state index is 12.9. The predicted molar refractivity (Wildman–Crippen MR) is 166 cm³/mol. The molecule has 1 N–H and O–H groups in total.